The lowest BCUT2D eigenvalue weighted by atomic mass is 9.97. The third kappa shape index (κ3) is 6.77. The van der Waals surface area contributed by atoms with E-state index in [9.17, 15) is 14.7 Å². The standard InChI is InChI=1S/C24H27N3O4/c1-17(23(29)25-16-15-18-7-3-2-4-8-18)31-24(30)21-9-5-6-10-22(21)27-26-19-11-13-20(28)14-12-19/h5-7,9-14,17,28H,2-4,8,15-16H2,1H3,(H,25,29)/t17-/m0/s1. The molecule has 7 heteroatoms. The van der Waals surface area contributed by atoms with Crippen LogP contribution in [0.5, 0.6) is 5.75 Å². The van der Waals surface area contributed by atoms with E-state index in [0.717, 1.165) is 19.3 Å². The molecule has 1 amide bonds. The third-order valence-corrected chi connectivity index (χ3v) is 5.03. The minimum Gasteiger partial charge on any atom is -0.508 e. The second kappa shape index (κ2) is 11.1. The molecule has 0 aromatic heterocycles. The Hall–Kier alpha value is -3.48. The second-order valence-electron chi connectivity index (χ2n) is 7.43. The van der Waals surface area contributed by atoms with Gasteiger partial charge in [-0.1, -0.05) is 23.8 Å². The molecule has 0 radical (unpaired) electrons. The molecule has 2 aromatic carbocycles. The lowest BCUT2D eigenvalue weighted by Gasteiger charge is -2.16. The zero-order valence-corrected chi connectivity index (χ0v) is 17.6. The first kappa shape index (κ1) is 22.2. The summed E-state index contributed by atoms with van der Waals surface area (Å²) in [6, 6.07) is 12.9. The van der Waals surface area contributed by atoms with E-state index >= 15 is 0 Å². The van der Waals surface area contributed by atoms with Gasteiger partial charge >= 0.3 is 5.97 Å². The van der Waals surface area contributed by atoms with E-state index in [4.69, 9.17) is 4.74 Å². The van der Waals surface area contributed by atoms with Crippen molar-refractivity contribution < 1.29 is 19.4 Å². The van der Waals surface area contributed by atoms with Gasteiger partial charge in [-0.05, 0) is 75.4 Å². The summed E-state index contributed by atoms with van der Waals surface area (Å²) in [5, 5.41) is 20.4. The summed E-state index contributed by atoms with van der Waals surface area (Å²) < 4.78 is 5.35. The Kier molecular flexibility index (Phi) is 7.92. The highest BCUT2D eigenvalue weighted by atomic mass is 16.5. The van der Waals surface area contributed by atoms with Crippen LogP contribution in [0.3, 0.4) is 0 Å². The van der Waals surface area contributed by atoms with Crippen LogP contribution in [0.1, 0.15) is 49.4 Å². The van der Waals surface area contributed by atoms with Gasteiger partial charge in [0.15, 0.2) is 6.10 Å². The van der Waals surface area contributed by atoms with Gasteiger partial charge < -0.3 is 15.2 Å². The molecule has 7 nitrogen and oxygen atoms in total. The fourth-order valence-corrected chi connectivity index (χ4v) is 3.26. The number of nitrogens with zero attached hydrogens (tertiary/aromatic N) is 2. The van der Waals surface area contributed by atoms with Crippen LogP contribution in [0.15, 0.2) is 70.4 Å². The minimum atomic E-state index is -0.921. The van der Waals surface area contributed by atoms with Gasteiger partial charge in [-0.15, -0.1) is 5.11 Å². The molecule has 1 aliphatic rings. The molecule has 3 rings (SSSR count). The topological polar surface area (TPSA) is 100 Å². The maximum atomic E-state index is 12.6. The van der Waals surface area contributed by atoms with Crippen molar-refractivity contribution in [2.45, 2.75) is 45.1 Å². The van der Waals surface area contributed by atoms with Crippen LogP contribution >= 0.6 is 0 Å². The van der Waals surface area contributed by atoms with Crippen LogP contribution in [0, 0.1) is 0 Å². The number of rotatable bonds is 8. The van der Waals surface area contributed by atoms with Crippen molar-refractivity contribution in [1.82, 2.24) is 5.32 Å². The fourth-order valence-electron chi connectivity index (χ4n) is 3.26. The number of carbonyl (C=O) groups is 2. The molecule has 0 fully saturated rings. The number of benzene rings is 2. The van der Waals surface area contributed by atoms with Crippen molar-refractivity contribution in [3.8, 4) is 5.75 Å². The number of phenolic OH excluding ortho intramolecular Hbond substituents is 1. The van der Waals surface area contributed by atoms with Crippen molar-refractivity contribution in [3.05, 3.63) is 65.7 Å². The maximum Gasteiger partial charge on any atom is 0.341 e. The van der Waals surface area contributed by atoms with Crippen LogP contribution in [-0.4, -0.2) is 29.6 Å². The highest BCUT2D eigenvalue weighted by Gasteiger charge is 2.20. The average molecular weight is 421 g/mol. The number of hydrogen-bond acceptors (Lipinski definition) is 6. The van der Waals surface area contributed by atoms with Crippen molar-refractivity contribution in [3.63, 3.8) is 0 Å². The molecule has 2 N–H and O–H groups in total. The molecule has 1 atom stereocenters. The highest BCUT2D eigenvalue weighted by Crippen LogP contribution is 2.24. The fraction of sp³-hybridized carbons (Fsp3) is 0.333. The number of phenols is 1. The number of amides is 1. The van der Waals surface area contributed by atoms with Gasteiger partial charge in [0.25, 0.3) is 5.91 Å². The zero-order valence-electron chi connectivity index (χ0n) is 17.6. The van der Waals surface area contributed by atoms with E-state index in [1.165, 1.54) is 30.5 Å². The van der Waals surface area contributed by atoms with Gasteiger partial charge in [0.05, 0.1) is 11.3 Å². The molecule has 0 bridgehead atoms. The number of esters is 1. The Morgan fingerprint density at radius 1 is 1.10 bits per heavy atom. The van der Waals surface area contributed by atoms with Gasteiger partial charge in [-0.3, -0.25) is 4.79 Å². The minimum absolute atomic E-state index is 0.130. The van der Waals surface area contributed by atoms with Crippen molar-refractivity contribution >= 4 is 23.3 Å². The molecule has 2 aromatic rings. The summed E-state index contributed by atoms with van der Waals surface area (Å²) >= 11 is 0. The maximum absolute atomic E-state index is 12.6. The SMILES string of the molecule is C[C@H](OC(=O)c1ccccc1N=Nc1ccc(O)cc1)C(=O)NCCC1=CCCCC1. The summed E-state index contributed by atoms with van der Waals surface area (Å²) in [5.74, 6) is -0.837. The predicted octanol–water partition coefficient (Wildman–Crippen LogP) is 5.36. The Morgan fingerprint density at radius 3 is 2.61 bits per heavy atom. The van der Waals surface area contributed by atoms with Gasteiger partial charge in [0.1, 0.15) is 11.4 Å². The Balaban J connectivity index is 1.56. The highest BCUT2D eigenvalue weighted by molar-refractivity contribution is 5.96. The first-order chi connectivity index (χ1) is 15.0. The van der Waals surface area contributed by atoms with E-state index in [1.807, 2.05) is 0 Å². The van der Waals surface area contributed by atoms with E-state index < -0.39 is 12.1 Å². The molecular weight excluding hydrogens is 394 g/mol. The number of aromatic hydroxyl groups is 1. The molecule has 0 heterocycles. The number of allylic oxidation sites excluding steroid dienone is 1. The smallest absolute Gasteiger partial charge is 0.341 e. The molecule has 0 saturated carbocycles. The van der Waals surface area contributed by atoms with E-state index in [-0.39, 0.29) is 17.2 Å². The normalized spacial score (nSPS) is 14.7. The Bertz CT molecular complexity index is 967. The van der Waals surface area contributed by atoms with Gasteiger partial charge in [0.2, 0.25) is 0 Å². The van der Waals surface area contributed by atoms with Gasteiger partial charge in [0, 0.05) is 6.54 Å². The number of ether oxygens (including phenoxy) is 1. The quantitative estimate of drug-likeness (QED) is 0.340. The second-order valence-corrected chi connectivity index (χ2v) is 7.43. The third-order valence-electron chi connectivity index (χ3n) is 5.03. The van der Waals surface area contributed by atoms with E-state index in [2.05, 4.69) is 21.6 Å². The van der Waals surface area contributed by atoms with Crippen LogP contribution in [0.2, 0.25) is 0 Å². The van der Waals surface area contributed by atoms with Gasteiger partial charge in [-0.2, -0.15) is 5.11 Å². The lowest BCUT2D eigenvalue weighted by Crippen LogP contribution is -2.36. The summed E-state index contributed by atoms with van der Waals surface area (Å²) in [7, 11) is 0. The monoisotopic (exact) mass is 421 g/mol. The van der Waals surface area contributed by atoms with E-state index in [0.29, 0.717) is 17.9 Å². The Labute approximate surface area is 181 Å². The summed E-state index contributed by atoms with van der Waals surface area (Å²) in [6.07, 6.45) is 6.80. The lowest BCUT2D eigenvalue weighted by molar-refractivity contribution is -0.129. The number of hydrogen-bond donors (Lipinski definition) is 2. The summed E-state index contributed by atoms with van der Waals surface area (Å²) in [5.41, 5.74) is 2.46. The molecule has 0 unspecified atom stereocenters. The molecule has 31 heavy (non-hydrogen) atoms. The van der Waals surface area contributed by atoms with Crippen LogP contribution < -0.4 is 5.32 Å². The number of azo groups is 1. The molecule has 0 spiro atoms. The summed E-state index contributed by atoms with van der Waals surface area (Å²) in [4.78, 5) is 24.9. The van der Waals surface area contributed by atoms with Crippen LogP contribution in [-0.2, 0) is 9.53 Å². The van der Waals surface area contributed by atoms with Crippen molar-refractivity contribution in [1.29, 1.82) is 0 Å². The first-order valence-corrected chi connectivity index (χ1v) is 10.5. The largest absolute Gasteiger partial charge is 0.508 e. The average Bonchev–Trinajstić information content (AvgIpc) is 2.79. The number of carbonyl (C=O) groups excluding carboxylic acids is 2. The summed E-state index contributed by atoms with van der Waals surface area (Å²) in [6.45, 7) is 2.08. The number of nitrogens with one attached hydrogen (secondary N) is 1. The molecule has 162 valence electrons. The van der Waals surface area contributed by atoms with E-state index in [1.54, 1.807) is 43.3 Å². The van der Waals surface area contributed by atoms with Crippen LogP contribution in [0.4, 0.5) is 11.4 Å². The first-order valence-electron chi connectivity index (χ1n) is 10.5. The molecule has 0 saturated heterocycles. The van der Waals surface area contributed by atoms with Gasteiger partial charge in [-0.25, -0.2) is 4.79 Å². The molecular formula is C24H27N3O4. The molecule has 1 aliphatic carbocycles. The van der Waals surface area contributed by atoms with Crippen molar-refractivity contribution in [2.24, 2.45) is 10.2 Å². The van der Waals surface area contributed by atoms with Crippen molar-refractivity contribution in [2.75, 3.05) is 6.54 Å². The van der Waals surface area contributed by atoms with Crippen LogP contribution in [0.25, 0.3) is 0 Å². The zero-order chi connectivity index (χ0) is 22.1. The predicted molar refractivity (Wildman–Crippen MR) is 118 cm³/mol. The molecule has 0 aliphatic heterocycles. The Morgan fingerprint density at radius 2 is 1.87 bits per heavy atom.